The summed E-state index contributed by atoms with van der Waals surface area (Å²) in [6.45, 7) is 15.9. The van der Waals surface area contributed by atoms with E-state index >= 15 is 0 Å². The summed E-state index contributed by atoms with van der Waals surface area (Å²) in [7, 11) is 6.98. The lowest BCUT2D eigenvalue weighted by atomic mass is 9.77. The van der Waals surface area contributed by atoms with Crippen LogP contribution in [-0.2, 0) is 42.8 Å². The van der Waals surface area contributed by atoms with Crippen LogP contribution in [0.15, 0.2) is 30.4 Å². The number of aromatic nitrogens is 2. The Morgan fingerprint density at radius 1 is 1.12 bits per heavy atom. The van der Waals surface area contributed by atoms with Gasteiger partial charge in [-0.2, -0.15) is 0 Å². The van der Waals surface area contributed by atoms with E-state index in [0.717, 1.165) is 11.0 Å². The molecule has 13 nitrogen and oxygen atoms in total. The largest absolute Gasteiger partial charge is 0.457 e. The van der Waals surface area contributed by atoms with Crippen molar-refractivity contribution in [2.45, 2.75) is 123 Å². The molecule has 278 valence electrons. The average molecular weight is 694 g/mol. The standard InChI is InChI=1S/C36H59N3O10/c1-14-26(38(10)11)30(44-12)33(46-16-3)48-31-24(6)29(41)25(7)32(42)47-27(15-2)35(8,49-34(43)39-18-17-37-21-39)19-22(4)28(40)23(5)20-36(31,9)45-13/h17-19,21,23-27,30-31,33H,14-16,20H2,1-13H3/b22-19+/t23-,24+,25-,26?,27-,30?,31-,33+,35+,36-/m1/s1. The number of hydrogen-bond donors (Lipinski definition) is 0. The molecular formula is C36H59N3O10. The van der Waals surface area contributed by atoms with E-state index < -0.39 is 71.4 Å². The third kappa shape index (κ3) is 10.1. The van der Waals surface area contributed by atoms with E-state index in [9.17, 15) is 19.2 Å². The molecular weight excluding hydrogens is 634 g/mol. The molecule has 0 aromatic carbocycles. The van der Waals surface area contributed by atoms with Gasteiger partial charge in [0.1, 0.15) is 24.5 Å². The monoisotopic (exact) mass is 693 g/mol. The van der Waals surface area contributed by atoms with Crippen LogP contribution in [0.25, 0.3) is 0 Å². The SMILES string of the molecule is CCO[C@@H](O[C@@H]1[C@@H](C)C(=O)[C@@H](C)C(=O)O[C@H](CC)[C@@](C)(OC(=O)n2ccnc2)/C=C(\C)C(=O)[C@H](C)C[C@@]1(C)OC)C(OC)C(CC)N(C)C. The molecule has 2 heterocycles. The van der Waals surface area contributed by atoms with Gasteiger partial charge in [-0.1, -0.05) is 27.7 Å². The maximum atomic E-state index is 14.2. The number of rotatable bonds is 12. The number of cyclic esters (lactones) is 1. The first kappa shape index (κ1) is 42.2. The number of ketones is 2. The predicted octanol–water partition coefficient (Wildman–Crippen LogP) is 4.85. The van der Waals surface area contributed by atoms with Gasteiger partial charge in [-0.15, -0.1) is 0 Å². The summed E-state index contributed by atoms with van der Waals surface area (Å²) in [5, 5.41) is 0. The summed E-state index contributed by atoms with van der Waals surface area (Å²) in [5.74, 6) is -4.25. The van der Waals surface area contributed by atoms with Crippen LogP contribution in [0, 0.1) is 17.8 Å². The number of Topliss-reactive ketones (excluding diaryl/α,β-unsaturated/α-hetero) is 2. The van der Waals surface area contributed by atoms with Crippen molar-refractivity contribution in [1.82, 2.24) is 14.5 Å². The molecule has 0 N–H and O–H groups in total. The van der Waals surface area contributed by atoms with Gasteiger partial charge in [-0.05, 0) is 79.6 Å². The molecule has 0 bridgehead atoms. The van der Waals surface area contributed by atoms with E-state index in [2.05, 4.69) is 4.98 Å². The zero-order valence-electron chi connectivity index (χ0n) is 31.7. The molecule has 0 saturated carbocycles. The van der Waals surface area contributed by atoms with E-state index in [1.54, 1.807) is 48.7 Å². The molecule has 1 aliphatic heterocycles. The molecule has 49 heavy (non-hydrogen) atoms. The van der Waals surface area contributed by atoms with Crippen LogP contribution in [-0.4, -0.2) is 115 Å². The zero-order chi connectivity index (χ0) is 37.3. The molecule has 13 heteroatoms. The Morgan fingerprint density at radius 3 is 2.27 bits per heavy atom. The van der Waals surface area contributed by atoms with Gasteiger partial charge in [0.05, 0.1) is 11.7 Å². The number of methoxy groups -OCH3 is 2. The Labute approximate surface area is 292 Å². The number of esters is 1. The Hall–Kier alpha value is -2.97. The van der Waals surface area contributed by atoms with Crippen LogP contribution in [0.5, 0.6) is 0 Å². The molecule has 0 aliphatic carbocycles. The van der Waals surface area contributed by atoms with Crippen molar-refractivity contribution in [3.8, 4) is 0 Å². The summed E-state index contributed by atoms with van der Waals surface area (Å²) in [6, 6.07) is -0.0924. The Kier molecular flexibility index (Phi) is 15.8. The summed E-state index contributed by atoms with van der Waals surface area (Å²) in [4.78, 5) is 61.0. The Bertz CT molecular complexity index is 1280. The minimum atomic E-state index is -1.57. The first-order valence-corrected chi connectivity index (χ1v) is 17.2. The van der Waals surface area contributed by atoms with Crippen LogP contribution in [0.1, 0.15) is 81.6 Å². The number of allylic oxidation sites excluding steroid dienone is 1. The summed E-state index contributed by atoms with van der Waals surface area (Å²) in [6.07, 6.45) is 2.51. The first-order valence-electron chi connectivity index (χ1n) is 17.2. The molecule has 10 atom stereocenters. The van der Waals surface area contributed by atoms with E-state index in [1.165, 1.54) is 38.8 Å². The van der Waals surface area contributed by atoms with Crippen molar-refractivity contribution < 1.29 is 47.6 Å². The van der Waals surface area contributed by atoms with Gasteiger partial charge >= 0.3 is 12.1 Å². The van der Waals surface area contributed by atoms with Gasteiger partial charge in [0, 0.05) is 51.1 Å². The van der Waals surface area contributed by atoms with Crippen molar-refractivity contribution in [3.63, 3.8) is 0 Å². The fourth-order valence-electron chi connectivity index (χ4n) is 6.86. The molecule has 1 aliphatic rings. The van der Waals surface area contributed by atoms with Gasteiger partial charge < -0.3 is 33.3 Å². The maximum absolute atomic E-state index is 14.2. The van der Waals surface area contributed by atoms with Crippen molar-refractivity contribution in [2.24, 2.45) is 17.8 Å². The quantitative estimate of drug-likeness (QED) is 0.168. The fourth-order valence-corrected chi connectivity index (χ4v) is 6.86. The highest BCUT2D eigenvalue weighted by atomic mass is 16.7. The highest BCUT2D eigenvalue weighted by Gasteiger charge is 2.49. The second-order valence-electron chi connectivity index (χ2n) is 13.6. The fraction of sp³-hybridized carbons (Fsp3) is 0.750. The number of carbonyl (C=O) groups excluding carboxylic acids is 4. The van der Waals surface area contributed by atoms with E-state index in [0.29, 0.717) is 12.2 Å². The minimum Gasteiger partial charge on any atom is -0.457 e. The normalized spacial score (nSPS) is 32.1. The summed E-state index contributed by atoms with van der Waals surface area (Å²) >= 11 is 0. The van der Waals surface area contributed by atoms with Crippen LogP contribution in [0.3, 0.4) is 0 Å². The van der Waals surface area contributed by atoms with Crippen molar-refractivity contribution in [2.75, 3.05) is 34.9 Å². The number of ether oxygens (including phenoxy) is 6. The predicted molar refractivity (Wildman–Crippen MR) is 183 cm³/mol. The summed E-state index contributed by atoms with van der Waals surface area (Å²) < 4.78 is 38.0. The highest BCUT2D eigenvalue weighted by molar-refractivity contribution is 6.00. The van der Waals surface area contributed by atoms with E-state index in [4.69, 9.17) is 28.4 Å². The van der Waals surface area contributed by atoms with Gasteiger partial charge in [0.2, 0.25) is 0 Å². The lowest BCUT2D eigenvalue weighted by Gasteiger charge is -2.44. The minimum absolute atomic E-state index is 0.0924. The Morgan fingerprint density at radius 2 is 1.78 bits per heavy atom. The lowest BCUT2D eigenvalue weighted by molar-refractivity contribution is -0.269. The van der Waals surface area contributed by atoms with Gasteiger partial charge in [0.25, 0.3) is 0 Å². The molecule has 1 aromatic heterocycles. The maximum Gasteiger partial charge on any atom is 0.420 e. The van der Waals surface area contributed by atoms with Crippen LogP contribution in [0.2, 0.25) is 0 Å². The molecule has 1 aromatic rings. The highest BCUT2D eigenvalue weighted by Crippen LogP contribution is 2.37. The number of carbonyl (C=O) groups is 4. The van der Waals surface area contributed by atoms with E-state index in [-0.39, 0.29) is 24.7 Å². The molecule has 0 spiro atoms. The van der Waals surface area contributed by atoms with Gasteiger partial charge in [0.15, 0.2) is 23.5 Å². The number of hydrogen-bond acceptors (Lipinski definition) is 12. The molecule has 0 radical (unpaired) electrons. The van der Waals surface area contributed by atoms with Crippen molar-refractivity contribution >= 4 is 23.6 Å². The third-order valence-electron chi connectivity index (χ3n) is 9.71. The number of nitrogens with zero attached hydrogens (tertiary/aromatic N) is 3. The van der Waals surface area contributed by atoms with Crippen molar-refractivity contribution in [3.05, 3.63) is 30.4 Å². The first-order chi connectivity index (χ1) is 22.9. The van der Waals surface area contributed by atoms with Crippen LogP contribution < -0.4 is 0 Å². The second-order valence-corrected chi connectivity index (χ2v) is 13.6. The molecule has 0 saturated heterocycles. The molecule has 2 unspecified atom stereocenters. The van der Waals surface area contributed by atoms with Crippen LogP contribution in [0.4, 0.5) is 4.79 Å². The van der Waals surface area contributed by atoms with E-state index in [1.807, 2.05) is 32.8 Å². The number of imidazole rings is 1. The van der Waals surface area contributed by atoms with Gasteiger partial charge in [-0.25, -0.2) is 14.3 Å². The molecule has 2 rings (SSSR count). The molecule has 0 fully saturated rings. The van der Waals surface area contributed by atoms with Crippen LogP contribution >= 0.6 is 0 Å². The molecule has 0 amide bonds. The number of likely N-dealkylation sites (N-methyl/N-ethyl adjacent to an activating group) is 1. The van der Waals surface area contributed by atoms with Crippen molar-refractivity contribution in [1.29, 1.82) is 0 Å². The third-order valence-corrected chi connectivity index (χ3v) is 9.71. The lowest BCUT2D eigenvalue weighted by Crippen LogP contribution is -2.57. The zero-order valence-corrected chi connectivity index (χ0v) is 31.7. The topological polar surface area (TPSA) is 145 Å². The summed E-state index contributed by atoms with van der Waals surface area (Å²) in [5.41, 5.74) is -2.48. The smallest absolute Gasteiger partial charge is 0.420 e. The second kappa shape index (κ2) is 18.3. The average Bonchev–Trinajstić information content (AvgIpc) is 3.61. The Balaban J connectivity index is 2.73. The van der Waals surface area contributed by atoms with Gasteiger partial charge in [-0.3, -0.25) is 14.4 Å².